The fourth-order valence-corrected chi connectivity index (χ4v) is 0.823. The van der Waals surface area contributed by atoms with E-state index in [9.17, 15) is 9.59 Å². The lowest BCUT2D eigenvalue weighted by Gasteiger charge is -2.13. The Morgan fingerprint density at radius 2 is 1.94 bits per heavy atom. The number of cyclic esters (lactones) is 1. The van der Waals surface area contributed by atoms with E-state index < -0.39 is 42.3 Å². The summed E-state index contributed by atoms with van der Waals surface area (Å²) < 4.78 is 4.32. The maximum atomic E-state index is 10.5. The Morgan fingerprint density at radius 1 is 1.47 bits per heavy atom. The third kappa shape index (κ3) is 4.51. The van der Waals surface area contributed by atoms with Gasteiger partial charge in [0.15, 0.2) is 11.9 Å². The van der Waals surface area contributed by atoms with Crippen LogP contribution in [0, 0.1) is 0 Å². The number of hydrogen-bond donors (Lipinski definition) is 6. The summed E-state index contributed by atoms with van der Waals surface area (Å²) in [6, 6.07) is 0. The van der Waals surface area contributed by atoms with Crippen LogP contribution in [0.15, 0.2) is 11.5 Å². The summed E-state index contributed by atoms with van der Waals surface area (Å²) in [6.07, 6.45) is -2.78. The van der Waals surface area contributed by atoms with Crippen LogP contribution in [0.5, 0.6) is 0 Å². The van der Waals surface area contributed by atoms with Crippen molar-refractivity contribution in [3.05, 3.63) is 11.5 Å². The van der Waals surface area contributed by atoms with Crippen LogP contribution in [0.4, 0.5) is 0 Å². The molecule has 1 aliphatic rings. The number of aliphatic carboxylic acids is 1. The van der Waals surface area contributed by atoms with Gasteiger partial charge in [-0.3, -0.25) is 4.79 Å². The molecular weight excluding hydrogens is 256 g/mol. The number of hydrogen-bond acceptors (Lipinski definition) is 8. The number of carbonyl (C=O) groups is 2. The first kappa shape index (κ1) is 15.6. The topological polar surface area (TPSA) is 145 Å². The van der Waals surface area contributed by atoms with Crippen LogP contribution in [-0.2, 0) is 14.3 Å². The SMILES string of the molecule is O=C(O)CS.O=C1O[C@H]([C@@H](O)CO)C(O)=C1O. The summed E-state index contributed by atoms with van der Waals surface area (Å²) in [4.78, 5) is 19.8. The highest BCUT2D eigenvalue weighted by atomic mass is 32.1. The largest absolute Gasteiger partial charge is 0.505 e. The highest BCUT2D eigenvalue weighted by Crippen LogP contribution is 2.20. The van der Waals surface area contributed by atoms with E-state index in [1.54, 1.807) is 0 Å². The molecular formula is C8H12O8S. The zero-order valence-corrected chi connectivity index (χ0v) is 9.37. The van der Waals surface area contributed by atoms with E-state index in [0.29, 0.717) is 0 Å². The Balaban J connectivity index is 0.000000437. The summed E-state index contributed by atoms with van der Waals surface area (Å²) in [6.45, 7) is -0.671. The number of ether oxygens (including phenoxy) is 1. The average Bonchev–Trinajstić information content (AvgIpc) is 2.56. The van der Waals surface area contributed by atoms with Gasteiger partial charge in [0, 0.05) is 0 Å². The van der Waals surface area contributed by atoms with Gasteiger partial charge in [-0.05, 0) is 0 Å². The summed E-state index contributed by atoms with van der Waals surface area (Å²) in [5.41, 5.74) is 0. The molecule has 0 saturated heterocycles. The zero-order chi connectivity index (χ0) is 13.6. The molecule has 0 amide bonds. The summed E-state index contributed by atoms with van der Waals surface area (Å²) in [7, 11) is 0. The van der Waals surface area contributed by atoms with Crippen LogP contribution in [0.3, 0.4) is 0 Å². The monoisotopic (exact) mass is 268 g/mol. The van der Waals surface area contributed by atoms with E-state index in [-0.39, 0.29) is 5.75 Å². The van der Waals surface area contributed by atoms with Crippen LogP contribution in [-0.4, -0.2) is 62.0 Å². The minimum Gasteiger partial charge on any atom is -0.505 e. The van der Waals surface area contributed by atoms with Crippen LogP contribution in [0.1, 0.15) is 0 Å². The average molecular weight is 268 g/mol. The van der Waals surface area contributed by atoms with Gasteiger partial charge in [0.2, 0.25) is 5.76 Å². The molecule has 2 atom stereocenters. The highest BCUT2D eigenvalue weighted by Gasteiger charge is 2.38. The van der Waals surface area contributed by atoms with Gasteiger partial charge in [0.25, 0.3) is 0 Å². The lowest BCUT2D eigenvalue weighted by molar-refractivity contribution is -0.147. The van der Waals surface area contributed by atoms with Crippen LogP contribution < -0.4 is 0 Å². The van der Waals surface area contributed by atoms with Crippen molar-refractivity contribution in [2.75, 3.05) is 12.4 Å². The summed E-state index contributed by atoms with van der Waals surface area (Å²) in [5.74, 6) is -3.74. The molecule has 0 aliphatic carbocycles. The second-order valence-electron chi connectivity index (χ2n) is 2.86. The molecule has 0 bridgehead atoms. The van der Waals surface area contributed by atoms with Gasteiger partial charge in [0.05, 0.1) is 12.4 Å². The Kier molecular flexibility index (Phi) is 6.39. The van der Waals surface area contributed by atoms with Gasteiger partial charge in [-0.25, -0.2) is 4.79 Å². The summed E-state index contributed by atoms with van der Waals surface area (Å²) in [5, 5.41) is 42.7. The van der Waals surface area contributed by atoms with E-state index in [2.05, 4.69) is 17.4 Å². The molecule has 1 heterocycles. The molecule has 0 radical (unpaired) electrons. The van der Waals surface area contributed by atoms with Crippen molar-refractivity contribution in [1.29, 1.82) is 0 Å². The zero-order valence-electron chi connectivity index (χ0n) is 8.48. The molecule has 0 saturated carbocycles. The molecule has 98 valence electrons. The summed E-state index contributed by atoms with van der Waals surface area (Å²) >= 11 is 3.42. The smallest absolute Gasteiger partial charge is 0.377 e. The maximum absolute atomic E-state index is 10.5. The minimum atomic E-state index is -1.42. The molecule has 0 aromatic carbocycles. The lowest BCUT2D eigenvalue weighted by Crippen LogP contribution is -2.31. The van der Waals surface area contributed by atoms with Crippen molar-refractivity contribution >= 4 is 24.6 Å². The normalized spacial score (nSPS) is 20.4. The maximum Gasteiger partial charge on any atom is 0.377 e. The van der Waals surface area contributed by atoms with Gasteiger partial charge in [0.1, 0.15) is 6.10 Å². The first-order valence-electron chi connectivity index (χ1n) is 4.29. The molecule has 0 unspecified atom stereocenters. The number of carbonyl (C=O) groups excluding carboxylic acids is 1. The molecule has 17 heavy (non-hydrogen) atoms. The van der Waals surface area contributed by atoms with E-state index in [0.717, 1.165) is 0 Å². The number of carboxylic acid groups (broad SMARTS) is 1. The minimum absolute atomic E-state index is 0.0833. The first-order chi connectivity index (χ1) is 7.84. The van der Waals surface area contributed by atoms with Crippen LogP contribution in [0.25, 0.3) is 0 Å². The number of thiol groups is 1. The van der Waals surface area contributed by atoms with E-state index in [4.69, 9.17) is 25.5 Å². The Labute approximate surface area is 101 Å². The van der Waals surface area contributed by atoms with Crippen molar-refractivity contribution in [2.24, 2.45) is 0 Å². The number of aliphatic hydroxyl groups excluding tert-OH is 4. The molecule has 5 N–H and O–H groups in total. The van der Waals surface area contributed by atoms with Gasteiger partial charge in [-0.1, -0.05) is 0 Å². The standard InChI is InChI=1S/C6H8O6.C2H4O2S/c7-1-2(8)5-3(9)4(10)6(11)12-5;3-2(4)1-5/h2,5,7-10H,1H2;5H,1H2,(H,3,4)/t2-,5+;/m0./s1. The Hall–Kier alpha value is -1.45. The second kappa shape index (κ2) is 6.99. The molecule has 9 heteroatoms. The van der Waals surface area contributed by atoms with Crippen molar-refractivity contribution in [1.82, 2.24) is 0 Å². The molecule has 1 aliphatic heterocycles. The van der Waals surface area contributed by atoms with Crippen molar-refractivity contribution in [2.45, 2.75) is 12.2 Å². The Morgan fingerprint density at radius 3 is 2.18 bits per heavy atom. The fraction of sp³-hybridized carbons (Fsp3) is 0.500. The van der Waals surface area contributed by atoms with Crippen molar-refractivity contribution in [3.8, 4) is 0 Å². The van der Waals surface area contributed by atoms with Crippen molar-refractivity contribution in [3.63, 3.8) is 0 Å². The predicted molar refractivity (Wildman–Crippen MR) is 56.7 cm³/mol. The van der Waals surface area contributed by atoms with E-state index in [1.165, 1.54) is 0 Å². The van der Waals surface area contributed by atoms with Gasteiger partial charge >= 0.3 is 11.9 Å². The highest BCUT2D eigenvalue weighted by molar-refractivity contribution is 7.81. The van der Waals surface area contributed by atoms with Crippen molar-refractivity contribution < 1.29 is 39.9 Å². The van der Waals surface area contributed by atoms with E-state index >= 15 is 0 Å². The molecule has 1 rings (SSSR count). The van der Waals surface area contributed by atoms with Crippen LogP contribution >= 0.6 is 12.6 Å². The van der Waals surface area contributed by atoms with Gasteiger partial charge < -0.3 is 30.3 Å². The number of esters is 1. The lowest BCUT2D eigenvalue weighted by atomic mass is 10.2. The first-order valence-corrected chi connectivity index (χ1v) is 4.93. The van der Waals surface area contributed by atoms with E-state index in [1.807, 2.05) is 0 Å². The molecule has 0 spiro atoms. The van der Waals surface area contributed by atoms with Gasteiger partial charge in [-0.15, -0.1) is 0 Å². The molecule has 0 aromatic rings. The molecule has 8 nitrogen and oxygen atoms in total. The predicted octanol–water partition coefficient (Wildman–Crippen LogP) is -1.41. The number of aliphatic hydroxyl groups is 4. The number of carboxylic acids is 1. The second-order valence-corrected chi connectivity index (χ2v) is 3.18. The fourth-order valence-electron chi connectivity index (χ4n) is 0.823. The van der Waals surface area contributed by atoms with Gasteiger partial charge in [-0.2, -0.15) is 12.6 Å². The third-order valence-electron chi connectivity index (χ3n) is 1.61. The van der Waals surface area contributed by atoms with Crippen LogP contribution in [0.2, 0.25) is 0 Å². The Bertz CT molecular complexity index is 325. The number of rotatable bonds is 3. The quantitative estimate of drug-likeness (QED) is 0.270. The molecule has 0 aromatic heterocycles. The third-order valence-corrected chi connectivity index (χ3v) is 1.88. The molecule has 0 fully saturated rings.